The van der Waals surface area contributed by atoms with Crippen LogP contribution in [0.4, 0.5) is 0 Å². The second-order valence-electron chi connectivity index (χ2n) is 7.98. The molecule has 2 heterocycles. The summed E-state index contributed by atoms with van der Waals surface area (Å²) in [6, 6.07) is 20.6. The fraction of sp³-hybridized carbons (Fsp3) is 0.360. The maximum Gasteiger partial charge on any atom is 0.224 e. The molecule has 1 aliphatic heterocycles. The Labute approximate surface area is 178 Å². The SMILES string of the molecule is O=C(Cc1cccc2cccnc12)NCCCN1CCN(Cc2ccccc2)CC1. The molecule has 4 rings (SSSR count). The Morgan fingerprint density at radius 3 is 2.50 bits per heavy atom. The zero-order valence-electron chi connectivity index (χ0n) is 17.5. The van der Waals surface area contributed by atoms with Gasteiger partial charge in [0.05, 0.1) is 11.9 Å². The first-order valence-corrected chi connectivity index (χ1v) is 10.9. The molecule has 0 spiro atoms. The number of amides is 1. The molecule has 156 valence electrons. The molecule has 0 unspecified atom stereocenters. The van der Waals surface area contributed by atoms with Gasteiger partial charge in [0.25, 0.3) is 0 Å². The van der Waals surface area contributed by atoms with Crippen LogP contribution in [-0.4, -0.2) is 60.0 Å². The van der Waals surface area contributed by atoms with Gasteiger partial charge in [-0.3, -0.25) is 14.7 Å². The predicted octanol–water partition coefficient (Wildman–Crippen LogP) is 3.10. The number of carbonyl (C=O) groups is 1. The summed E-state index contributed by atoms with van der Waals surface area (Å²) in [4.78, 5) is 21.8. The summed E-state index contributed by atoms with van der Waals surface area (Å²) < 4.78 is 0. The number of pyridine rings is 1. The Bertz CT molecular complexity index is 946. The number of nitrogens with zero attached hydrogens (tertiary/aromatic N) is 3. The number of carbonyl (C=O) groups excluding carboxylic acids is 1. The van der Waals surface area contributed by atoms with Crippen molar-refractivity contribution in [1.29, 1.82) is 0 Å². The lowest BCUT2D eigenvalue weighted by Crippen LogP contribution is -2.46. The van der Waals surface area contributed by atoms with Crippen LogP contribution in [-0.2, 0) is 17.8 Å². The van der Waals surface area contributed by atoms with Gasteiger partial charge in [0.15, 0.2) is 0 Å². The minimum absolute atomic E-state index is 0.0702. The Morgan fingerprint density at radius 1 is 0.900 bits per heavy atom. The maximum absolute atomic E-state index is 12.4. The zero-order valence-corrected chi connectivity index (χ0v) is 17.5. The van der Waals surface area contributed by atoms with Crippen molar-refractivity contribution in [1.82, 2.24) is 20.1 Å². The fourth-order valence-electron chi connectivity index (χ4n) is 4.09. The zero-order chi connectivity index (χ0) is 20.6. The Morgan fingerprint density at radius 2 is 1.67 bits per heavy atom. The summed E-state index contributed by atoms with van der Waals surface area (Å²) in [5, 5.41) is 4.15. The van der Waals surface area contributed by atoms with E-state index in [0.29, 0.717) is 6.42 Å². The van der Waals surface area contributed by atoms with Gasteiger partial charge in [0.2, 0.25) is 5.91 Å². The van der Waals surface area contributed by atoms with E-state index in [1.807, 2.05) is 30.3 Å². The van der Waals surface area contributed by atoms with Gasteiger partial charge in [-0.25, -0.2) is 0 Å². The van der Waals surface area contributed by atoms with Crippen molar-refractivity contribution in [3.63, 3.8) is 0 Å². The van der Waals surface area contributed by atoms with Crippen molar-refractivity contribution in [2.45, 2.75) is 19.4 Å². The van der Waals surface area contributed by atoms with E-state index in [-0.39, 0.29) is 5.91 Å². The van der Waals surface area contributed by atoms with Crippen LogP contribution < -0.4 is 5.32 Å². The number of piperazine rings is 1. The Kier molecular flexibility index (Phi) is 7.06. The number of rotatable bonds is 8. The van der Waals surface area contributed by atoms with Crippen molar-refractivity contribution in [2.75, 3.05) is 39.3 Å². The maximum atomic E-state index is 12.4. The largest absolute Gasteiger partial charge is 0.356 e. The highest BCUT2D eigenvalue weighted by molar-refractivity contribution is 5.87. The highest BCUT2D eigenvalue weighted by atomic mass is 16.1. The third-order valence-electron chi connectivity index (χ3n) is 5.75. The van der Waals surface area contributed by atoms with Gasteiger partial charge in [-0.15, -0.1) is 0 Å². The second-order valence-corrected chi connectivity index (χ2v) is 7.98. The topological polar surface area (TPSA) is 48.5 Å². The number of para-hydroxylation sites is 1. The van der Waals surface area contributed by atoms with Gasteiger partial charge in [0, 0.05) is 50.9 Å². The van der Waals surface area contributed by atoms with E-state index >= 15 is 0 Å². The summed E-state index contributed by atoms with van der Waals surface area (Å²) in [6.45, 7) is 7.21. The number of benzene rings is 2. The van der Waals surface area contributed by atoms with Crippen molar-refractivity contribution in [3.05, 3.63) is 78.0 Å². The lowest BCUT2D eigenvalue weighted by atomic mass is 10.1. The van der Waals surface area contributed by atoms with Crippen LogP contribution in [0.25, 0.3) is 10.9 Å². The van der Waals surface area contributed by atoms with E-state index in [1.165, 1.54) is 5.56 Å². The molecule has 1 aliphatic rings. The summed E-state index contributed by atoms with van der Waals surface area (Å²) in [5.41, 5.74) is 3.29. The molecule has 1 saturated heterocycles. The fourth-order valence-corrected chi connectivity index (χ4v) is 4.09. The summed E-state index contributed by atoms with van der Waals surface area (Å²) >= 11 is 0. The first-order valence-electron chi connectivity index (χ1n) is 10.9. The summed E-state index contributed by atoms with van der Waals surface area (Å²) in [7, 11) is 0. The molecular formula is C25H30N4O. The average Bonchev–Trinajstić information content (AvgIpc) is 2.79. The van der Waals surface area contributed by atoms with Crippen LogP contribution in [0.5, 0.6) is 0 Å². The minimum Gasteiger partial charge on any atom is -0.356 e. The molecule has 0 saturated carbocycles. The number of hydrogen-bond acceptors (Lipinski definition) is 4. The Balaban J connectivity index is 1.14. The third-order valence-corrected chi connectivity index (χ3v) is 5.75. The number of nitrogens with one attached hydrogen (secondary N) is 1. The van der Waals surface area contributed by atoms with Gasteiger partial charge in [-0.2, -0.15) is 0 Å². The average molecular weight is 403 g/mol. The molecule has 30 heavy (non-hydrogen) atoms. The van der Waals surface area contributed by atoms with Crippen molar-refractivity contribution in [2.24, 2.45) is 0 Å². The molecule has 0 atom stereocenters. The van der Waals surface area contributed by atoms with Crippen LogP contribution in [0.15, 0.2) is 66.9 Å². The summed E-state index contributed by atoms with van der Waals surface area (Å²) in [5.74, 6) is 0.0702. The molecule has 5 heteroatoms. The van der Waals surface area contributed by atoms with E-state index in [1.54, 1.807) is 6.20 Å². The summed E-state index contributed by atoms with van der Waals surface area (Å²) in [6.07, 6.45) is 3.15. The second kappa shape index (κ2) is 10.3. The highest BCUT2D eigenvalue weighted by Gasteiger charge is 2.16. The predicted molar refractivity (Wildman–Crippen MR) is 121 cm³/mol. The molecule has 5 nitrogen and oxygen atoms in total. The van der Waals surface area contributed by atoms with Gasteiger partial charge >= 0.3 is 0 Å². The smallest absolute Gasteiger partial charge is 0.224 e. The molecule has 0 bridgehead atoms. The molecular weight excluding hydrogens is 372 g/mol. The van der Waals surface area contributed by atoms with Gasteiger partial charge in [0.1, 0.15) is 0 Å². The molecule has 1 aromatic heterocycles. The minimum atomic E-state index is 0.0702. The number of fused-ring (bicyclic) bond motifs is 1. The van der Waals surface area contributed by atoms with E-state index in [2.05, 4.69) is 50.4 Å². The quantitative estimate of drug-likeness (QED) is 0.588. The third kappa shape index (κ3) is 5.65. The van der Waals surface area contributed by atoms with Crippen molar-refractivity contribution < 1.29 is 4.79 Å². The Hall–Kier alpha value is -2.76. The van der Waals surface area contributed by atoms with Crippen molar-refractivity contribution in [3.8, 4) is 0 Å². The van der Waals surface area contributed by atoms with Crippen LogP contribution in [0, 0.1) is 0 Å². The molecule has 1 N–H and O–H groups in total. The van der Waals surface area contributed by atoms with E-state index in [4.69, 9.17) is 0 Å². The molecule has 1 fully saturated rings. The molecule has 1 amide bonds. The molecule has 2 aromatic carbocycles. The van der Waals surface area contributed by atoms with Gasteiger partial charge in [-0.05, 0) is 30.2 Å². The van der Waals surface area contributed by atoms with E-state index in [0.717, 1.165) is 68.7 Å². The van der Waals surface area contributed by atoms with Gasteiger partial charge in [-0.1, -0.05) is 54.6 Å². The highest BCUT2D eigenvalue weighted by Crippen LogP contribution is 2.16. The first kappa shape index (κ1) is 20.5. The molecule has 3 aromatic rings. The lowest BCUT2D eigenvalue weighted by Gasteiger charge is -2.34. The molecule has 0 radical (unpaired) electrons. The van der Waals surface area contributed by atoms with Crippen LogP contribution in [0.1, 0.15) is 17.5 Å². The van der Waals surface area contributed by atoms with Crippen molar-refractivity contribution >= 4 is 16.8 Å². The monoisotopic (exact) mass is 402 g/mol. The standard InChI is InChI=1S/C25H30N4O/c30-24(19-23-10-4-9-22-11-5-12-27-25(22)23)26-13-6-14-28-15-17-29(18-16-28)20-21-7-2-1-3-8-21/h1-5,7-12H,6,13-20H2,(H,26,30). The van der Waals surface area contributed by atoms with E-state index in [9.17, 15) is 4.79 Å². The lowest BCUT2D eigenvalue weighted by molar-refractivity contribution is -0.120. The van der Waals surface area contributed by atoms with Gasteiger partial charge < -0.3 is 10.2 Å². The molecule has 0 aliphatic carbocycles. The normalized spacial score (nSPS) is 15.3. The van der Waals surface area contributed by atoms with Crippen LogP contribution in [0.3, 0.4) is 0 Å². The van der Waals surface area contributed by atoms with E-state index < -0.39 is 0 Å². The number of aromatic nitrogens is 1. The first-order chi connectivity index (χ1) is 14.8. The number of hydrogen-bond donors (Lipinski definition) is 1. The van der Waals surface area contributed by atoms with Crippen LogP contribution >= 0.6 is 0 Å². The van der Waals surface area contributed by atoms with Crippen LogP contribution in [0.2, 0.25) is 0 Å².